The van der Waals surface area contributed by atoms with Crippen molar-refractivity contribution in [2.45, 2.75) is 11.8 Å². The summed E-state index contributed by atoms with van der Waals surface area (Å²) in [4.78, 5) is 7.24. The molecular weight excluding hydrogens is 322 g/mol. The molecule has 0 bridgehead atoms. The number of allylic oxidation sites excluding steroid dienone is 4. The molecule has 3 nitrogen and oxygen atoms in total. The van der Waals surface area contributed by atoms with E-state index in [1.807, 2.05) is 12.3 Å². The maximum Gasteiger partial charge on any atom is 0.187 e. The van der Waals surface area contributed by atoms with Crippen molar-refractivity contribution in [2.75, 3.05) is 18.1 Å². The molecule has 0 unspecified atom stereocenters. The van der Waals surface area contributed by atoms with E-state index in [0.717, 1.165) is 28.6 Å². The summed E-state index contributed by atoms with van der Waals surface area (Å²) in [7, 11) is 0. The lowest BCUT2D eigenvalue weighted by Gasteiger charge is -2.04. The molecule has 1 aliphatic heterocycles. The number of aryl methyl sites for hydroxylation is 1. The van der Waals surface area contributed by atoms with E-state index in [4.69, 9.17) is 4.98 Å². The standard InChI is InChI=1S/C18H19N3S2/c1-13-17(14-6-4-10-19-11-5-7-14)21-18(23-13)20-15-8-3-9-16(12-15)22-2/h3-10,12,19H,11H2,1-2H3,(H,20,21)/b7-5+,10-4-,14-6+. The molecule has 1 aliphatic rings. The van der Waals surface area contributed by atoms with Gasteiger partial charge >= 0.3 is 0 Å². The minimum absolute atomic E-state index is 0.837. The zero-order valence-corrected chi connectivity index (χ0v) is 14.8. The lowest BCUT2D eigenvalue weighted by molar-refractivity contribution is 0.984. The number of rotatable bonds is 4. The van der Waals surface area contributed by atoms with Crippen molar-refractivity contribution in [3.05, 3.63) is 65.3 Å². The van der Waals surface area contributed by atoms with Crippen LogP contribution in [0.3, 0.4) is 0 Å². The number of thiazole rings is 1. The lowest BCUT2D eigenvalue weighted by atomic mass is 10.1. The Bertz CT molecular complexity index is 772. The second-order valence-electron chi connectivity index (χ2n) is 5.07. The second-order valence-corrected chi connectivity index (χ2v) is 7.16. The molecule has 1 aromatic heterocycles. The highest BCUT2D eigenvalue weighted by atomic mass is 32.2. The van der Waals surface area contributed by atoms with Crippen LogP contribution in [0.25, 0.3) is 5.57 Å². The van der Waals surface area contributed by atoms with Gasteiger partial charge in [0.25, 0.3) is 0 Å². The monoisotopic (exact) mass is 341 g/mol. The van der Waals surface area contributed by atoms with Gasteiger partial charge in [0.1, 0.15) is 0 Å². The first-order valence-corrected chi connectivity index (χ1v) is 9.46. The molecular formula is C18H19N3S2. The van der Waals surface area contributed by atoms with Gasteiger partial charge in [-0.3, -0.25) is 0 Å². The van der Waals surface area contributed by atoms with Crippen LogP contribution in [0.1, 0.15) is 10.6 Å². The number of aromatic nitrogens is 1. The van der Waals surface area contributed by atoms with Gasteiger partial charge in [0.2, 0.25) is 0 Å². The molecule has 2 N–H and O–H groups in total. The molecule has 0 fully saturated rings. The van der Waals surface area contributed by atoms with Crippen LogP contribution in [-0.4, -0.2) is 17.8 Å². The molecule has 2 heterocycles. The third kappa shape index (κ3) is 4.06. The normalized spacial score (nSPS) is 19.0. The van der Waals surface area contributed by atoms with Gasteiger partial charge in [-0.15, -0.1) is 23.1 Å². The maximum atomic E-state index is 4.78. The largest absolute Gasteiger partial charge is 0.387 e. The third-order valence-corrected chi connectivity index (χ3v) is 5.03. The van der Waals surface area contributed by atoms with Crippen LogP contribution in [0.2, 0.25) is 0 Å². The van der Waals surface area contributed by atoms with Crippen LogP contribution in [0.15, 0.2) is 59.7 Å². The zero-order valence-electron chi connectivity index (χ0n) is 13.2. The highest BCUT2D eigenvalue weighted by Crippen LogP contribution is 2.31. The molecule has 0 radical (unpaired) electrons. The van der Waals surface area contributed by atoms with Crippen molar-refractivity contribution >= 4 is 39.5 Å². The minimum atomic E-state index is 0.837. The van der Waals surface area contributed by atoms with Gasteiger partial charge in [0.05, 0.1) is 5.69 Å². The molecule has 118 valence electrons. The Kier molecular flexibility index (Phi) is 5.20. The van der Waals surface area contributed by atoms with Gasteiger partial charge in [0, 0.05) is 27.6 Å². The topological polar surface area (TPSA) is 37.0 Å². The fraction of sp³-hybridized carbons (Fsp3) is 0.167. The molecule has 0 saturated heterocycles. The molecule has 5 heteroatoms. The van der Waals surface area contributed by atoms with E-state index >= 15 is 0 Å². The Morgan fingerprint density at radius 2 is 2.26 bits per heavy atom. The summed E-state index contributed by atoms with van der Waals surface area (Å²) >= 11 is 3.42. The van der Waals surface area contributed by atoms with E-state index in [1.165, 1.54) is 9.77 Å². The van der Waals surface area contributed by atoms with Gasteiger partial charge < -0.3 is 10.6 Å². The van der Waals surface area contributed by atoms with Gasteiger partial charge in [-0.2, -0.15) is 0 Å². The predicted octanol–water partition coefficient (Wildman–Crippen LogP) is 4.97. The number of hydrogen-bond acceptors (Lipinski definition) is 5. The van der Waals surface area contributed by atoms with E-state index in [0.29, 0.717) is 0 Å². The summed E-state index contributed by atoms with van der Waals surface area (Å²) in [5, 5.41) is 7.52. The number of nitrogens with zero attached hydrogens (tertiary/aromatic N) is 1. The molecule has 0 saturated carbocycles. The predicted molar refractivity (Wildman–Crippen MR) is 103 cm³/mol. The number of benzene rings is 1. The quantitative estimate of drug-likeness (QED) is 0.770. The molecule has 0 aliphatic carbocycles. The van der Waals surface area contributed by atoms with Crippen molar-refractivity contribution in [3.8, 4) is 0 Å². The number of anilines is 2. The average Bonchev–Trinajstić information content (AvgIpc) is 2.87. The second kappa shape index (κ2) is 7.53. The van der Waals surface area contributed by atoms with Crippen LogP contribution in [-0.2, 0) is 0 Å². The van der Waals surface area contributed by atoms with E-state index in [1.54, 1.807) is 23.1 Å². The van der Waals surface area contributed by atoms with E-state index < -0.39 is 0 Å². The molecule has 3 rings (SSSR count). The summed E-state index contributed by atoms with van der Waals surface area (Å²) in [5.41, 5.74) is 3.26. The summed E-state index contributed by atoms with van der Waals surface area (Å²) < 4.78 is 0. The summed E-state index contributed by atoms with van der Waals surface area (Å²) in [6, 6.07) is 8.39. The minimum Gasteiger partial charge on any atom is -0.387 e. The Hall–Kier alpha value is -1.98. The van der Waals surface area contributed by atoms with Gasteiger partial charge in [-0.25, -0.2) is 4.98 Å². The van der Waals surface area contributed by atoms with Crippen LogP contribution in [0.5, 0.6) is 0 Å². The van der Waals surface area contributed by atoms with Crippen molar-refractivity contribution < 1.29 is 0 Å². The van der Waals surface area contributed by atoms with Crippen molar-refractivity contribution in [1.82, 2.24) is 10.3 Å². The summed E-state index contributed by atoms with van der Waals surface area (Å²) in [6.07, 6.45) is 12.4. The lowest BCUT2D eigenvalue weighted by Crippen LogP contribution is -2.04. The van der Waals surface area contributed by atoms with Gasteiger partial charge in [-0.05, 0) is 43.7 Å². The molecule has 1 aromatic carbocycles. The van der Waals surface area contributed by atoms with Gasteiger partial charge in [0.15, 0.2) is 5.13 Å². The molecule has 0 spiro atoms. The molecule has 2 aromatic rings. The maximum absolute atomic E-state index is 4.78. The fourth-order valence-corrected chi connectivity index (χ4v) is 3.61. The Labute approximate surface area is 145 Å². The number of thioether (sulfide) groups is 1. The van der Waals surface area contributed by atoms with E-state index in [9.17, 15) is 0 Å². The molecule has 23 heavy (non-hydrogen) atoms. The first-order chi connectivity index (χ1) is 11.3. The van der Waals surface area contributed by atoms with E-state index in [-0.39, 0.29) is 0 Å². The van der Waals surface area contributed by atoms with Crippen LogP contribution < -0.4 is 10.6 Å². The van der Waals surface area contributed by atoms with E-state index in [2.05, 4.69) is 66.3 Å². The van der Waals surface area contributed by atoms with Gasteiger partial charge in [-0.1, -0.05) is 24.3 Å². The first kappa shape index (κ1) is 15.9. The summed E-state index contributed by atoms with van der Waals surface area (Å²) in [5.74, 6) is 0. The smallest absolute Gasteiger partial charge is 0.187 e. The van der Waals surface area contributed by atoms with Crippen LogP contribution in [0.4, 0.5) is 10.8 Å². The Balaban J connectivity index is 1.85. The summed E-state index contributed by atoms with van der Waals surface area (Å²) in [6.45, 7) is 2.95. The number of nitrogens with one attached hydrogen (secondary N) is 2. The number of hydrogen-bond donors (Lipinski definition) is 2. The van der Waals surface area contributed by atoms with Crippen LogP contribution >= 0.6 is 23.1 Å². The molecule has 0 atom stereocenters. The SMILES string of the molecule is CSc1cccc(Nc2nc(C3=C/C=C\NC\C=C\3)c(C)s2)c1. The highest BCUT2D eigenvalue weighted by Gasteiger charge is 2.11. The first-order valence-electron chi connectivity index (χ1n) is 7.42. The third-order valence-electron chi connectivity index (χ3n) is 3.41. The van der Waals surface area contributed by atoms with Crippen LogP contribution in [0, 0.1) is 6.92 Å². The van der Waals surface area contributed by atoms with Crippen molar-refractivity contribution in [1.29, 1.82) is 0 Å². The van der Waals surface area contributed by atoms with Crippen molar-refractivity contribution in [2.24, 2.45) is 0 Å². The Morgan fingerprint density at radius 1 is 1.35 bits per heavy atom. The Morgan fingerprint density at radius 3 is 3.13 bits per heavy atom. The van der Waals surface area contributed by atoms with Crippen molar-refractivity contribution in [3.63, 3.8) is 0 Å². The molecule has 0 amide bonds. The fourth-order valence-electron chi connectivity index (χ4n) is 2.30. The zero-order chi connectivity index (χ0) is 16.1. The highest BCUT2D eigenvalue weighted by molar-refractivity contribution is 7.98. The average molecular weight is 342 g/mol.